The third kappa shape index (κ3) is 4.61. The van der Waals surface area contributed by atoms with E-state index in [1.807, 2.05) is 11.4 Å². The molecule has 2 atom stereocenters. The molecule has 1 aromatic carbocycles. The summed E-state index contributed by atoms with van der Waals surface area (Å²) in [4.78, 5) is 27.1. The monoisotopic (exact) mass is 438 g/mol. The first kappa shape index (κ1) is 20.3. The zero-order valence-electron chi connectivity index (χ0n) is 15.5. The summed E-state index contributed by atoms with van der Waals surface area (Å²) < 4.78 is 25.8. The van der Waals surface area contributed by atoms with Crippen LogP contribution in [0.4, 0.5) is 4.39 Å². The van der Waals surface area contributed by atoms with Crippen LogP contribution in [-0.4, -0.2) is 61.3 Å². The predicted octanol–water partition coefficient (Wildman–Crippen LogP) is 2.51. The van der Waals surface area contributed by atoms with Gasteiger partial charge >= 0.3 is 0 Å². The largest absolute Gasteiger partial charge is 0.371 e. The van der Waals surface area contributed by atoms with E-state index in [9.17, 15) is 14.0 Å². The van der Waals surface area contributed by atoms with Gasteiger partial charge in [0.2, 0.25) is 5.91 Å². The molecule has 2 aliphatic rings. The third-order valence-electron chi connectivity index (χ3n) is 5.06. The zero-order chi connectivity index (χ0) is 20.4. The highest BCUT2D eigenvalue weighted by atomic mass is 35.5. The topological polar surface area (TPSA) is 67.9 Å². The third-order valence-corrected chi connectivity index (χ3v) is 6.28. The molecule has 2 fully saturated rings. The van der Waals surface area contributed by atoms with E-state index in [1.165, 1.54) is 23.5 Å². The Balaban J connectivity index is 1.31. The van der Waals surface area contributed by atoms with E-state index in [4.69, 9.17) is 21.1 Å². The van der Waals surface area contributed by atoms with Crippen LogP contribution in [-0.2, 0) is 20.7 Å². The summed E-state index contributed by atoms with van der Waals surface area (Å²) >= 11 is 7.40. The molecule has 9 heteroatoms. The van der Waals surface area contributed by atoms with Gasteiger partial charge in [0, 0.05) is 23.7 Å². The molecule has 0 spiro atoms. The highest BCUT2D eigenvalue weighted by molar-refractivity contribution is 7.12. The Labute approximate surface area is 176 Å². The van der Waals surface area contributed by atoms with Gasteiger partial charge in [0.1, 0.15) is 18.0 Å². The fraction of sp³-hybridized carbons (Fsp3) is 0.400. The zero-order valence-corrected chi connectivity index (χ0v) is 17.0. The standard InChI is InChI=1S/C20H20ClFN2O4S/c21-14-3-1-4-15(22)13(14)7-19(25)24-8-16-17(9-24)28-11-12(10-27-16)23-20(26)18-5-2-6-29-18/h1-6,12,16-17H,7-11H2,(H,23,26)/t16-,17-/m0/s1. The minimum atomic E-state index is -0.490. The van der Waals surface area contributed by atoms with Gasteiger partial charge < -0.3 is 19.7 Å². The van der Waals surface area contributed by atoms with Crippen molar-refractivity contribution in [3.63, 3.8) is 0 Å². The molecular formula is C20H20ClFN2O4S. The number of ether oxygens (including phenoxy) is 2. The number of rotatable bonds is 4. The van der Waals surface area contributed by atoms with Crippen molar-refractivity contribution in [3.8, 4) is 0 Å². The van der Waals surface area contributed by atoms with Crippen LogP contribution in [0.5, 0.6) is 0 Å². The Morgan fingerprint density at radius 1 is 1.17 bits per heavy atom. The smallest absolute Gasteiger partial charge is 0.261 e. The first-order chi connectivity index (χ1) is 14.0. The van der Waals surface area contributed by atoms with Gasteiger partial charge in [-0.15, -0.1) is 11.3 Å². The van der Waals surface area contributed by atoms with Crippen molar-refractivity contribution in [2.24, 2.45) is 0 Å². The number of thiophene rings is 1. The summed E-state index contributed by atoms with van der Waals surface area (Å²) in [6.07, 6.45) is -0.665. The molecule has 0 saturated carbocycles. The molecule has 6 nitrogen and oxygen atoms in total. The number of fused-ring (bicyclic) bond motifs is 1. The summed E-state index contributed by atoms with van der Waals surface area (Å²) in [5.41, 5.74) is 0.199. The number of hydrogen-bond donors (Lipinski definition) is 1. The second-order valence-electron chi connectivity index (χ2n) is 7.07. The molecule has 29 heavy (non-hydrogen) atoms. The molecule has 0 unspecified atom stereocenters. The van der Waals surface area contributed by atoms with Gasteiger partial charge in [-0.2, -0.15) is 0 Å². The molecule has 154 valence electrons. The maximum absolute atomic E-state index is 14.0. The number of carbonyl (C=O) groups is 2. The van der Waals surface area contributed by atoms with E-state index >= 15 is 0 Å². The highest BCUT2D eigenvalue weighted by Crippen LogP contribution is 2.24. The molecule has 1 N–H and O–H groups in total. The number of benzene rings is 1. The molecular weight excluding hydrogens is 419 g/mol. The summed E-state index contributed by atoms with van der Waals surface area (Å²) in [5, 5.41) is 5.00. The van der Waals surface area contributed by atoms with E-state index < -0.39 is 5.82 Å². The maximum atomic E-state index is 14.0. The number of nitrogens with one attached hydrogen (secondary N) is 1. The second kappa shape index (κ2) is 8.79. The quantitative estimate of drug-likeness (QED) is 0.796. The number of hydrogen-bond acceptors (Lipinski definition) is 5. The molecule has 0 aliphatic carbocycles. The van der Waals surface area contributed by atoms with Gasteiger partial charge in [-0.1, -0.05) is 23.7 Å². The molecule has 2 aliphatic heterocycles. The summed E-state index contributed by atoms with van der Waals surface area (Å²) in [5.74, 6) is -0.862. The van der Waals surface area contributed by atoms with Crippen molar-refractivity contribution >= 4 is 34.8 Å². The maximum Gasteiger partial charge on any atom is 0.261 e. The molecule has 0 radical (unpaired) electrons. The lowest BCUT2D eigenvalue weighted by molar-refractivity contribution is -0.130. The van der Waals surface area contributed by atoms with Crippen molar-refractivity contribution in [2.75, 3.05) is 26.3 Å². The Morgan fingerprint density at radius 2 is 1.90 bits per heavy atom. The van der Waals surface area contributed by atoms with Crippen LogP contribution in [0.15, 0.2) is 35.7 Å². The van der Waals surface area contributed by atoms with Crippen LogP contribution >= 0.6 is 22.9 Å². The summed E-state index contributed by atoms with van der Waals surface area (Å²) in [6, 6.07) is 7.70. The van der Waals surface area contributed by atoms with Gasteiger partial charge in [-0.3, -0.25) is 9.59 Å². The number of likely N-dealkylation sites (tertiary alicyclic amines) is 1. The number of nitrogens with zero attached hydrogens (tertiary/aromatic N) is 1. The lowest BCUT2D eigenvalue weighted by atomic mass is 10.1. The number of carbonyl (C=O) groups excluding carboxylic acids is 2. The average molecular weight is 439 g/mol. The van der Waals surface area contributed by atoms with Gasteiger partial charge in [0.25, 0.3) is 5.91 Å². The van der Waals surface area contributed by atoms with Gasteiger partial charge in [-0.25, -0.2) is 4.39 Å². The lowest BCUT2D eigenvalue weighted by Crippen LogP contribution is -2.41. The Kier molecular flexibility index (Phi) is 6.15. The predicted molar refractivity (Wildman–Crippen MR) is 107 cm³/mol. The van der Waals surface area contributed by atoms with E-state index in [1.54, 1.807) is 17.0 Å². The van der Waals surface area contributed by atoms with Crippen molar-refractivity contribution < 1.29 is 23.5 Å². The molecule has 1 aromatic heterocycles. The number of amides is 2. The van der Waals surface area contributed by atoms with Crippen molar-refractivity contribution in [1.82, 2.24) is 10.2 Å². The molecule has 2 amide bonds. The average Bonchev–Trinajstić information content (AvgIpc) is 3.34. The Bertz CT molecular complexity index is 858. The normalized spacial score (nSPS) is 22.2. The van der Waals surface area contributed by atoms with Crippen LogP contribution in [0.1, 0.15) is 15.2 Å². The highest BCUT2D eigenvalue weighted by Gasteiger charge is 2.39. The van der Waals surface area contributed by atoms with Crippen molar-refractivity contribution in [1.29, 1.82) is 0 Å². The van der Waals surface area contributed by atoms with Crippen LogP contribution in [0.3, 0.4) is 0 Å². The van der Waals surface area contributed by atoms with E-state index in [0.29, 0.717) is 31.2 Å². The molecule has 3 heterocycles. The van der Waals surface area contributed by atoms with Gasteiger partial charge in [0.15, 0.2) is 0 Å². The minimum absolute atomic E-state index is 0.107. The second-order valence-corrected chi connectivity index (χ2v) is 8.42. The Morgan fingerprint density at radius 3 is 2.52 bits per heavy atom. The van der Waals surface area contributed by atoms with Crippen LogP contribution < -0.4 is 5.32 Å². The van der Waals surface area contributed by atoms with E-state index in [2.05, 4.69) is 5.32 Å². The van der Waals surface area contributed by atoms with Crippen LogP contribution in [0.2, 0.25) is 5.02 Å². The van der Waals surface area contributed by atoms with Crippen molar-refractivity contribution in [2.45, 2.75) is 24.7 Å². The minimum Gasteiger partial charge on any atom is -0.371 e. The van der Waals surface area contributed by atoms with Crippen LogP contribution in [0, 0.1) is 5.82 Å². The molecule has 2 aromatic rings. The van der Waals surface area contributed by atoms with Gasteiger partial charge in [-0.05, 0) is 23.6 Å². The first-order valence-corrected chi connectivity index (χ1v) is 10.5. The fourth-order valence-electron chi connectivity index (χ4n) is 3.51. The Hall–Kier alpha value is -2.00. The molecule has 4 rings (SSSR count). The van der Waals surface area contributed by atoms with Crippen molar-refractivity contribution in [3.05, 3.63) is 57.0 Å². The van der Waals surface area contributed by atoms with Gasteiger partial charge in [0.05, 0.1) is 30.6 Å². The van der Waals surface area contributed by atoms with E-state index in [0.717, 1.165) is 0 Å². The first-order valence-electron chi connectivity index (χ1n) is 9.29. The lowest BCUT2D eigenvalue weighted by Gasteiger charge is -2.19. The van der Waals surface area contributed by atoms with E-state index in [-0.39, 0.29) is 47.1 Å². The molecule has 2 saturated heterocycles. The van der Waals surface area contributed by atoms with Crippen LogP contribution in [0.25, 0.3) is 0 Å². The summed E-state index contributed by atoms with van der Waals surface area (Å²) in [7, 11) is 0. The SMILES string of the molecule is O=C(NC1CO[C@H]2CN(C(=O)Cc3c(F)cccc3Cl)C[C@@H]2OC1)c1cccs1. The molecule has 0 bridgehead atoms. The fourth-order valence-corrected chi connectivity index (χ4v) is 4.36. The summed E-state index contributed by atoms with van der Waals surface area (Å²) in [6.45, 7) is 1.33. The number of halogens is 2.